The molecule has 4 rings (SSSR count). The van der Waals surface area contributed by atoms with Gasteiger partial charge in [0.05, 0.1) is 18.2 Å². The molecule has 1 fully saturated rings. The first-order valence-corrected chi connectivity index (χ1v) is 9.66. The first-order valence-electron chi connectivity index (χ1n) is 9.66. The number of nitrogens with zero attached hydrogens (tertiary/aromatic N) is 3. The van der Waals surface area contributed by atoms with E-state index in [2.05, 4.69) is 4.90 Å². The summed E-state index contributed by atoms with van der Waals surface area (Å²) in [6.45, 7) is 4.03. The molecule has 0 aromatic heterocycles. The van der Waals surface area contributed by atoms with Gasteiger partial charge in [0.1, 0.15) is 11.8 Å². The molecule has 0 aliphatic carbocycles. The quantitative estimate of drug-likeness (QED) is 0.744. The fourth-order valence-electron chi connectivity index (χ4n) is 3.93. The van der Waals surface area contributed by atoms with Crippen LogP contribution >= 0.6 is 0 Å². The van der Waals surface area contributed by atoms with Crippen molar-refractivity contribution in [1.29, 1.82) is 0 Å². The number of imide groups is 1. The second-order valence-electron chi connectivity index (χ2n) is 7.22. The predicted octanol–water partition coefficient (Wildman–Crippen LogP) is 2.03. The van der Waals surface area contributed by atoms with Crippen LogP contribution in [0.25, 0.3) is 0 Å². The van der Waals surface area contributed by atoms with Gasteiger partial charge in [-0.05, 0) is 31.2 Å². The highest BCUT2D eigenvalue weighted by Crippen LogP contribution is 2.26. The maximum atomic E-state index is 13.0. The number of piperazine rings is 1. The van der Waals surface area contributed by atoms with Gasteiger partial charge in [0.25, 0.3) is 11.8 Å². The number of carbonyl (C=O) groups is 3. The van der Waals surface area contributed by atoms with Gasteiger partial charge in [0, 0.05) is 37.9 Å². The Labute approximate surface area is 169 Å². The fraction of sp³-hybridized carbons (Fsp3) is 0.318. The molecule has 29 heavy (non-hydrogen) atoms. The largest absolute Gasteiger partial charge is 0.497 e. The number of rotatable bonds is 4. The molecule has 2 heterocycles. The SMILES string of the molecule is COc1cccc(N2CCN(C(=O)C(C)N3C(=O)c4ccccc4C3=O)CC2)c1. The fourth-order valence-corrected chi connectivity index (χ4v) is 3.93. The number of hydrogen-bond donors (Lipinski definition) is 0. The van der Waals surface area contributed by atoms with E-state index in [4.69, 9.17) is 4.74 Å². The monoisotopic (exact) mass is 393 g/mol. The van der Waals surface area contributed by atoms with Crippen molar-refractivity contribution in [3.8, 4) is 5.75 Å². The standard InChI is InChI=1S/C22H23N3O4/c1-15(25-21(27)18-8-3-4-9-19(18)22(25)28)20(26)24-12-10-23(11-13-24)16-6-5-7-17(14-16)29-2/h3-9,14-15H,10-13H2,1-2H3. The number of benzene rings is 2. The lowest BCUT2D eigenvalue weighted by Crippen LogP contribution is -2.55. The first-order chi connectivity index (χ1) is 14.0. The molecule has 2 aromatic rings. The van der Waals surface area contributed by atoms with Gasteiger partial charge in [-0.3, -0.25) is 19.3 Å². The predicted molar refractivity (Wildman–Crippen MR) is 108 cm³/mol. The maximum Gasteiger partial charge on any atom is 0.262 e. The Kier molecular flexibility index (Phi) is 4.96. The minimum atomic E-state index is -0.828. The third kappa shape index (κ3) is 3.33. The lowest BCUT2D eigenvalue weighted by atomic mass is 10.1. The summed E-state index contributed by atoms with van der Waals surface area (Å²) in [6, 6.07) is 13.7. The molecule has 2 aliphatic rings. The van der Waals surface area contributed by atoms with Crippen molar-refractivity contribution < 1.29 is 19.1 Å². The smallest absolute Gasteiger partial charge is 0.262 e. The van der Waals surface area contributed by atoms with Crippen molar-refractivity contribution in [3.05, 3.63) is 59.7 Å². The first kappa shape index (κ1) is 19.0. The summed E-state index contributed by atoms with van der Waals surface area (Å²) in [5.74, 6) is -0.215. The van der Waals surface area contributed by atoms with Crippen LogP contribution in [0.4, 0.5) is 5.69 Å². The molecule has 2 aliphatic heterocycles. The van der Waals surface area contributed by atoms with E-state index in [1.807, 2.05) is 24.3 Å². The highest BCUT2D eigenvalue weighted by atomic mass is 16.5. The van der Waals surface area contributed by atoms with Crippen molar-refractivity contribution in [3.63, 3.8) is 0 Å². The van der Waals surface area contributed by atoms with E-state index in [1.165, 1.54) is 0 Å². The van der Waals surface area contributed by atoms with Crippen molar-refractivity contribution in [1.82, 2.24) is 9.80 Å². The van der Waals surface area contributed by atoms with Gasteiger partial charge >= 0.3 is 0 Å². The van der Waals surface area contributed by atoms with Crippen LogP contribution in [-0.2, 0) is 4.79 Å². The highest BCUT2D eigenvalue weighted by Gasteiger charge is 2.42. The highest BCUT2D eigenvalue weighted by molar-refractivity contribution is 6.22. The molecule has 0 spiro atoms. The van der Waals surface area contributed by atoms with E-state index < -0.39 is 17.9 Å². The Bertz CT molecular complexity index is 931. The van der Waals surface area contributed by atoms with Gasteiger partial charge in [-0.2, -0.15) is 0 Å². The van der Waals surface area contributed by atoms with Crippen molar-refractivity contribution in [2.45, 2.75) is 13.0 Å². The summed E-state index contributed by atoms with van der Waals surface area (Å²) in [6.07, 6.45) is 0. The van der Waals surface area contributed by atoms with E-state index in [-0.39, 0.29) is 5.91 Å². The molecule has 1 atom stereocenters. The molecule has 0 radical (unpaired) electrons. The number of fused-ring (bicyclic) bond motifs is 1. The molecule has 1 saturated heterocycles. The Morgan fingerprint density at radius 1 is 0.931 bits per heavy atom. The van der Waals surface area contributed by atoms with Crippen molar-refractivity contribution >= 4 is 23.4 Å². The van der Waals surface area contributed by atoms with E-state index in [0.29, 0.717) is 37.3 Å². The number of anilines is 1. The number of methoxy groups -OCH3 is 1. The van der Waals surface area contributed by atoms with Gasteiger partial charge in [-0.1, -0.05) is 18.2 Å². The molecule has 2 aromatic carbocycles. The third-order valence-electron chi connectivity index (χ3n) is 5.58. The molecular formula is C22H23N3O4. The van der Waals surface area contributed by atoms with Crippen molar-refractivity contribution in [2.75, 3.05) is 38.2 Å². The van der Waals surface area contributed by atoms with E-state index in [1.54, 1.807) is 43.2 Å². The van der Waals surface area contributed by atoms with Crippen LogP contribution in [0, 0.1) is 0 Å². The van der Waals surface area contributed by atoms with Crippen LogP contribution in [0.2, 0.25) is 0 Å². The maximum absolute atomic E-state index is 13.0. The summed E-state index contributed by atoms with van der Waals surface area (Å²) >= 11 is 0. The number of amides is 3. The second-order valence-corrected chi connectivity index (χ2v) is 7.22. The molecule has 1 unspecified atom stereocenters. The van der Waals surface area contributed by atoms with Crippen molar-refractivity contribution in [2.24, 2.45) is 0 Å². The van der Waals surface area contributed by atoms with E-state index in [0.717, 1.165) is 16.3 Å². The second kappa shape index (κ2) is 7.58. The summed E-state index contributed by atoms with van der Waals surface area (Å²) in [4.78, 5) is 43.3. The van der Waals surface area contributed by atoms with Crippen LogP contribution in [0.3, 0.4) is 0 Å². The Hall–Kier alpha value is -3.35. The van der Waals surface area contributed by atoms with Gasteiger partial charge in [-0.15, -0.1) is 0 Å². The van der Waals surface area contributed by atoms with Gasteiger partial charge in [-0.25, -0.2) is 0 Å². The molecule has 150 valence electrons. The molecular weight excluding hydrogens is 370 g/mol. The molecule has 7 heteroatoms. The molecule has 0 saturated carbocycles. The van der Waals surface area contributed by atoms with Crippen LogP contribution in [0.5, 0.6) is 5.75 Å². The summed E-state index contributed by atoms with van der Waals surface area (Å²) in [7, 11) is 1.64. The van der Waals surface area contributed by atoms with Gasteiger partial charge in [0.15, 0.2) is 0 Å². The number of carbonyl (C=O) groups excluding carboxylic acids is 3. The molecule has 0 bridgehead atoms. The third-order valence-corrected chi connectivity index (χ3v) is 5.58. The summed E-state index contributed by atoms with van der Waals surface area (Å²) in [5, 5.41) is 0. The van der Waals surface area contributed by atoms with Gasteiger partial charge < -0.3 is 14.5 Å². The number of ether oxygens (including phenoxy) is 1. The Morgan fingerprint density at radius 3 is 2.14 bits per heavy atom. The topological polar surface area (TPSA) is 70.2 Å². The van der Waals surface area contributed by atoms with Gasteiger partial charge in [0.2, 0.25) is 5.91 Å². The minimum Gasteiger partial charge on any atom is -0.497 e. The van der Waals surface area contributed by atoms with Crippen LogP contribution in [-0.4, -0.2) is 66.9 Å². The van der Waals surface area contributed by atoms with Crippen LogP contribution in [0.15, 0.2) is 48.5 Å². The Balaban J connectivity index is 1.42. The minimum absolute atomic E-state index is 0.204. The lowest BCUT2D eigenvalue weighted by Gasteiger charge is -2.38. The van der Waals surface area contributed by atoms with E-state index >= 15 is 0 Å². The zero-order chi connectivity index (χ0) is 20.5. The zero-order valence-corrected chi connectivity index (χ0v) is 16.5. The summed E-state index contributed by atoms with van der Waals surface area (Å²) < 4.78 is 5.28. The molecule has 7 nitrogen and oxygen atoms in total. The summed E-state index contributed by atoms with van der Waals surface area (Å²) in [5.41, 5.74) is 1.77. The number of hydrogen-bond acceptors (Lipinski definition) is 5. The molecule has 3 amide bonds. The molecule has 0 N–H and O–H groups in total. The van der Waals surface area contributed by atoms with Crippen LogP contribution < -0.4 is 9.64 Å². The van der Waals surface area contributed by atoms with Crippen LogP contribution in [0.1, 0.15) is 27.6 Å². The lowest BCUT2D eigenvalue weighted by molar-refractivity contribution is -0.135. The average molecular weight is 393 g/mol. The normalized spacial score (nSPS) is 17.4. The average Bonchev–Trinajstić information content (AvgIpc) is 3.03. The zero-order valence-electron chi connectivity index (χ0n) is 16.5. The van der Waals surface area contributed by atoms with E-state index in [9.17, 15) is 14.4 Å². The Morgan fingerprint density at radius 2 is 1.55 bits per heavy atom.